The zero-order chi connectivity index (χ0) is 11.3. The Morgan fingerprint density at radius 2 is 2.07 bits per heavy atom. The molecule has 0 saturated carbocycles. The molecule has 1 heterocycles. The fraction of sp³-hybridized carbons (Fsp3) is 0.455. The zero-order valence-corrected chi connectivity index (χ0v) is 9.28. The highest BCUT2D eigenvalue weighted by molar-refractivity contribution is 5.76. The van der Waals surface area contributed by atoms with Gasteiger partial charge in [0.25, 0.3) is 0 Å². The Morgan fingerprint density at radius 1 is 1.47 bits per heavy atom. The van der Waals surface area contributed by atoms with Gasteiger partial charge < -0.3 is 10.1 Å². The fourth-order valence-corrected chi connectivity index (χ4v) is 1.14. The van der Waals surface area contributed by atoms with E-state index in [-0.39, 0.29) is 5.97 Å². The van der Waals surface area contributed by atoms with E-state index in [9.17, 15) is 4.79 Å². The van der Waals surface area contributed by atoms with Gasteiger partial charge in [0.2, 0.25) is 0 Å². The first-order chi connectivity index (χ1) is 7.06. The van der Waals surface area contributed by atoms with Gasteiger partial charge in [0.15, 0.2) is 0 Å². The Bertz CT molecular complexity index is 323. The van der Waals surface area contributed by atoms with Crippen LogP contribution in [0.2, 0.25) is 0 Å². The highest BCUT2D eigenvalue weighted by atomic mass is 16.5. The van der Waals surface area contributed by atoms with Crippen LogP contribution in [-0.4, -0.2) is 24.6 Å². The Kier molecular flexibility index (Phi) is 3.66. The van der Waals surface area contributed by atoms with Crippen LogP contribution in [-0.2, 0) is 9.53 Å². The average Bonchev–Trinajstić information content (AvgIpc) is 2.27. The van der Waals surface area contributed by atoms with E-state index in [1.807, 2.05) is 26.0 Å². The predicted octanol–water partition coefficient (Wildman–Crippen LogP) is 1.69. The summed E-state index contributed by atoms with van der Waals surface area (Å²) in [5, 5.41) is 3.16. The molecule has 0 unspecified atom stereocenters. The van der Waals surface area contributed by atoms with Crippen molar-refractivity contribution in [2.45, 2.75) is 13.8 Å². The van der Waals surface area contributed by atoms with Crippen LogP contribution >= 0.6 is 0 Å². The maximum absolute atomic E-state index is 11.4. The summed E-state index contributed by atoms with van der Waals surface area (Å²) in [5.74, 6) is -0.218. The summed E-state index contributed by atoms with van der Waals surface area (Å²) < 4.78 is 4.71. The molecular weight excluding hydrogens is 192 g/mol. The molecule has 0 saturated heterocycles. The Hall–Kier alpha value is -1.58. The van der Waals surface area contributed by atoms with Gasteiger partial charge in [-0.15, -0.1) is 0 Å². The first kappa shape index (κ1) is 11.5. The highest BCUT2D eigenvalue weighted by Crippen LogP contribution is 2.18. The number of nitrogens with one attached hydrogen (secondary N) is 1. The lowest BCUT2D eigenvalue weighted by molar-refractivity contribution is -0.149. The molecular formula is C11H16N2O2. The topological polar surface area (TPSA) is 51.2 Å². The lowest BCUT2D eigenvalue weighted by atomic mass is 9.94. The van der Waals surface area contributed by atoms with Crippen molar-refractivity contribution in [1.82, 2.24) is 4.98 Å². The van der Waals surface area contributed by atoms with E-state index in [2.05, 4.69) is 10.3 Å². The molecule has 0 fully saturated rings. The number of hydrogen-bond acceptors (Lipinski definition) is 4. The van der Waals surface area contributed by atoms with Gasteiger partial charge in [-0.25, -0.2) is 0 Å². The summed E-state index contributed by atoms with van der Waals surface area (Å²) >= 11 is 0. The number of rotatable bonds is 4. The number of nitrogens with zero attached hydrogens (tertiary/aromatic N) is 1. The first-order valence-electron chi connectivity index (χ1n) is 4.78. The molecule has 0 atom stereocenters. The number of hydrogen-bond donors (Lipinski definition) is 1. The van der Waals surface area contributed by atoms with Crippen LogP contribution in [0.4, 0.5) is 5.69 Å². The van der Waals surface area contributed by atoms with Crippen molar-refractivity contribution in [1.29, 1.82) is 0 Å². The van der Waals surface area contributed by atoms with Crippen LogP contribution in [0.25, 0.3) is 0 Å². The maximum Gasteiger partial charge on any atom is 0.313 e. The van der Waals surface area contributed by atoms with E-state index in [0.29, 0.717) is 6.54 Å². The van der Waals surface area contributed by atoms with Gasteiger partial charge in [-0.3, -0.25) is 9.78 Å². The summed E-state index contributed by atoms with van der Waals surface area (Å²) in [7, 11) is 1.40. The lowest BCUT2D eigenvalue weighted by Crippen LogP contribution is -2.33. The minimum atomic E-state index is -0.530. The molecule has 1 N–H and O–H groups in total. The van der Waals surface area contributed by atoms with Gasteiger partial charge in [0, 0.05) is 24.6 Å². The largest absolute Gasteiger partial charge is 0.469 e. The minimum absolute atomic E-state index is 0.218. The van der Waals surface area contributed by atoms with Gasteiger partial charge in [0.05, 0.1) is 12.5 Å². The molecule has 1 rings (SSSR count). The third kappa shape index (κ3) is 3.23. The number of esters is 1. The smallest absolute Gasteiger partial charge is 0.313 e. The molecule has 0 aliphatic rings. The number of pyridine rings is 1. The van der Waals surface area contributed by atoms with Crippen molar-refractivity contribution < 1.29 is 9.53 Å². The van der Waals surface area contributed by atoms with Gasteiger partial charge in [-0.1, -0.05) is 0 Å². The second kappa shape index (κ2) is 4.77. The van der Waals surface area contributed by atoms with Crippen molar-refractivity contribution in [2.75, 3.05) is 19.0 Å². The number of ether oxygens (including phenoxy) is 1. The molecule has 0 amide bonds. The van der Waals surface area contributed by atoms with E-state index in [1.54, 1.807) is 12.4 Å². The lowest BCUT2D eigenvalue weighted by Gasteiger charge is -2.22. The molecule has 1 aromatic heterocycles. The maximum atomic E-state index is 11.4. The summed E-state index contributed by atoms with van der Waals surface area (Å²) in [6, 6.07) is 3.71. The Labute approximate surface area is 89.7 Å². The van der Waals surface area contributed by atoms with Crippen LogP contribution in [0.3, 0.4) is 0 Å². The molecule has 0 spiro atoms. The predicted molar refractivity (Wildman–Crippen MR) is 58.5 cm³/mol. The molecule has 0 bridgehead atoms. The summed E-state index contributed by atoms with van der Waals surface area (Å²) in [6.45, 7) is 4.21. The molecule has 0 aliphatic heterocycles. The highest BCUT2D eigenvalue weighted by Gasteiger charge is 2.28. The van der Waals surface area contributed by atoms with E-state index >= 15 is 0 Å². The van der Waals surface area contributed by atoms with Gasteiger partial charge in [-0.2, -0.15) is 0 Å². The summed E-state index contributed by atoms with van der Waals surface area (Å²) in [6.07, 6.45) is 3.40. The second-order valence-electron chi connectivity index (χ2n) is 3.96. The molecule has 1 aromatic rings. The van der Waals surface area contributed by atoms with Crippen LogP contribution in [0.15, 0.2) is 24.5 Å². The van der Waals surface area contributed by atoms with E-state index in [4.69, 9.17) is 4.74 Å². The number of carbonyl (C=O) groups excluding carboxylic acids is 1. The molecule has 0 radical (unpaired) electrons. The quantitative estimate of drug-likeness (QED) is 0.765. The van der Waals surface area contributed by atoms with Crippen LogP contribution in [0.5, 0.6) is 0 Å². The molecule has 0 aromatic carbocycles. The average molecular weight is 208 g/mol. The van der Waals surface area contributed by atoms with Crippen molar-refractivity contribution >= 4 is 11.7 Å². The van der Waals surface area contributed by atoms with E-state index < -0.39 is 5.41 Å². The minimum Gasteiger partial charge on any atom is -0.469 e. The molecule has 4 nitrogen and oxygen atoms in total. The summed E-state index contributed by atoms with van der Waals surface area (Å²) in [4.78, 5) is 15.3. The van der Waals surface area contributed by atoms with Crippen LogP contribution in [0, 0.1) is 5.41 Å². The number of methoxy groups -OCH3 is 1. The Balaban J connectivity index is 2.53. The van der Waals surface area contributed by atoms with Gasteiger partial charge >= 0.3 is 5.97 Å². The molecule has 4 heteroatoms. The van der Waals surface area contributed by atoms with Crippen molar-refractivity contribution in [3.05, 3.63) is 24.5 Å². The van der Waals surface area contributed by atoms with Crippen molar-refractivity contribution in [3.8, 4) is 0 Å². The normalized spacial score (nSPS) is 10.9. The first-order valence-corrected chi connectivity index (χ1v) is 4.78. The Morgan fingerprint density at radius 3 is 2.60 bits per heavy atom. The zero-order valence-electron chi connectivity index (χ0n) is 9.28. The van der Waals surface area contributed by atoms with Crippen molar-refractivity contribution in [2.24, 2.45) is 5.41 Å². The van der Waals surface area contributed by atoms with Crippen LogP contribution < -0.4 is 5.32 Å². The van der Waals surface area contributed by atoms with Crippen LogP contribution in [0.1, 0.15) is 13.8 Å². The third-order valence-corrected chi connectivity index (χ3v) is 2.15. The molecule has 15 heavy (non-hydrogen) atoms. The van der Waals surface area contributed by atoms with E-state index in [1.165, 1.54) is 7.11 Å². The fourth-order valence-electron chi connectivity index (χ4n) is 1.14. The molecule has 82 valence electrons. The number of anilines is 1. The SMILES string of the molecule is COC(=O)C(C)(C)CNc1ccncc1. The second-order valence-corrected chi connectivity index (χ2v) is 3.96. The van der Waals surface area contributed by atoms with Gasteiger partial charge in [0.1, 0.15) is 0 Å². The van der Waals surface area contributed by atoms with Crippen molar-refractivity contribution in [3.63, 3.8) is 0 Å². The number of aromatic nitrogens is 1. The third-order valence-electron chi connectivity index (χ3n) is 2.15. The number of carbonyl (C=O) groups is 1. The standard InChI is InChI=1S/C11H16N2O2/c1-11(2,10(14)15-3)8-13-9-4-6-12-7-5-9/h4-7H,8H2,1-3H3,(H,12,13). The van der Waals surface area contributed by atoms with Gasteiger partial charge in [-0.05, 0) is 26.0 Å². The monoisotopic (exact) mass is 208 g/mol. The molecule has 0 aliphatic carbocycles. The van der Waals surface area contributed by atoms with E-state index in [0.717, 1.165) is 5.69 Å². The summed E-state index contributed by atoms with van der Waals surface area (Å²) in [5.41, 5.74) is 0.417.